The third kappa shape index (κ3) is 5.94. The number of piperazine rings is 1. The molecule has 2 aromatic rings. The van der Waals surface area contributed by atoms with Crippen molar-refractivity contribution in [1.29, 1.82) is 0 Å². The lowest BCUT2D eigenvalue weighted by Crippen LogP contribution is -2.57. The average Bonchev–Trinajstić information content (AvgIpc) is 2.88. The molecule has 2 aromatic carbocycles. The number of amides is 1. The molecule has 6 rings (SSSR count). The number of hydrogen-bond acceptors (Lipinski definition) is 3. The molecule has 1 unspecified atom stereocenters. The second-order valence-corrected chi connectivity index (χ2v) is 13.3. The van der Waals surface area contributed by atoms with Crippen molar-refractivity contribution in [3.63, 3.8) is 0 Å². The van der Waals surface area contributed by atoms with Crippen molar-refractivity contribution in [2.75, 3.05) is 25.0 Å². The highest BCUT2D eigenvalue weighted by atomic mass is 35.5. The van der Waals surface area contributed by atoms with E-state index < -0.39 is 0 Å². The van der Waals surface area contributed by atoms with Crippen molar-refractivity contribution in [2.24, 2.45) is 33.9 Å². The molecule has 0 radical (unpaired) electrons. The lowest BCUT2D eigenvalue weighted by Gasteiger charge is -2.61. The fraction of sp³-hybridized carbons (Fsp3) is 0.548. The maximum atomic E-state index is 11.9. The van der Waals surface area contributed by atoms with Crippen molar-refractivity contribution >= 4 is 40.8 Å². The molecule has 0 aromatic heterocycles. The number of hydrogen-bond donors (Lipinski definition) is 3. The zero-order valence-corrected chi connectivity index (χ0v) is 24.9. The van der Waals surface area contributed by atoms with Gasteiger partial charge in [-0.05, 0) is 78.3 Å². The van der Waals surface area contributed by atoms with Gasteiger partial charge in [-0.25, -0.2) is 4.99 Å². The van der Waals surface area contributed by atoms with Gasteiger partial charge < -0.3 is 21.3 Å². The van der Waals surface area contributed by atoms with Gasteiger partial charge in [0.25, 0.3) is 0 Å². The van der Waals surface area contributed by atoms with Crippen molar-refractivity contribution in [2.45, 2.75) is 65.0 Å². The number of nitrogens with one attached hydrogen (secondary N) is 2. The van der Waals surface area contributed by atoms with E-state index in [9.17, 15) is 4.79 Å². The van der Waals surface area contributed by atoms with E-state index in [2.05, 4.69) is 55.4 Å². The van der Waals surface area contributed by atoms with E-state index in [-0.39, 0.29) is 18.2 Å². The van der Waals surface area contributed by atoms with E-state index in [1.165, 1.54) is 6.42 Å². The summed E-state index contributed by atoms with van der Waals surface area (Å²) in [5.74, 6) is 2.41. The summed E-state index contributed by atoms with van der Waals surface area (Å²) in [7, 11) is 0. The van der Waals surface area contributed by atoms with Crippen molar-refractivity contribution in [3.8, 4) is 0 Å². The number of nitrogens with two attached hydrogens (primary N) is 1. The molecule has 8 heteroatoms. The summed E-state index contributed by atoms with van der Waals surface area (Å²) in [6.45, 7) is 12.3. The first-order valence-electron chi connectivity index (χ1n) is 14.2. The molecule has 2 bridgehead atoms. The minimum atomic E-state index is -0.377. The number of guanidine groups is 1. The van der Waals surface area contributed by atoms with E-state index >= 15 is 0 Å². The van der Waals surface area contributed by atoms with Crippen molar-refractivity contribution in [1.82, 2.24) is 10.2 Å². The zero-order valence-electron chi connectivity index (χ0n) is 23.4. The molecule has 4 aliphatic rings. The lowest BCUT2D eigenvalue weighted by molar-refractivity contribution is -0.118. The third-order valence-corrected chi connectivity index (χ3v) is 10.1. The predicted octanol–water partition coefficient (Wildman–Crippen LogP) is 6.13. The van der Waals surface area contributed by atoms with E-state index in [1.54, 1.807) is 12.1 Å². The fourth-order valence-corrected chi connectivity index (χ4v) is 7.63. The summed E-state index contributed by atoms with van der Waals surface area (Å²) >= 11 is 12.6. The molecule has 6 nitrogen and oxygen atoms in total. The largest absolute Gasteiger partial charge is 0.370 e. The predicted molar refractivity (Wildman–Crippen MR) is 162 cm³/mol. The van der Waals surface area contributed by atoms with Gasteiger partial charge in [0.15, 0.2) is 5.96 Å². The van der Waals surface area contributed by atoms with Crippen LogP contribution in [0.15, 0.2) is 47.5 Å². The molecule has 3 aliphatic carbocycles. The Balaban J connectivity index is 1.39. The molecule has 4 N–H and O–H groups in total. The number of carbonyl (C=O) groups excluding carboxylic acids is 1. The van der Waals surface area contributed by atoms with Gasteiger partial charge in [-0.3, -0.25) is 4.79 Å². The molecule has 1 amide bonds. The second-order valence-electron chi connectivity index (χ2n) is 12.4. The van der Waals surface area contributed by atoms with Crippen LogP contribution in [0.2, 0.25) is 10.0 Å². The van der Waals surface area contributed by atoms with Crippen molar-refractivity contribution in [3.05, 3.63) is 63.6 Å². The Kier molecular flexibility index (Phi) is 8.19. The van der Waals surface area contributed by atoms with E-state index in [1.807, 2.05) is 18.2 Å². The Morgan fingerprint density at radius 1 is 1.18 bits per heavy atom. The minimum Gasteiger partial charge on any atom is -0.370 e. The normalized spacial score (nSPS) is 28.9. The van der Waals surface area contributed by atoms with Gasteiger partial charge >= 0.3 is 0 Å². The molecule has 1 saturated heterocycles. The fourth-order valence-electron chi connectivity index (χ4n) is 7.09. The van der Waals surface area contributed by atoms with E-state index in [0.29, 0.717) is 33.5 Å². The van der Waals surface area contributed by atoms with Crippen LogP contribution in [0.25, 0.3) is 0 Å². The Hall–Kier alpha value is -2.28. The highest BCUT2D eigenvalue weighted by Gasteiger charge is 2.56. The van der Waals surface area contributed by atoms with Gasteiger partial charge in [0, 0.05) is 53.7 Å². The quantitative estimate of drug-likeness (QED) is 0.288. The first-order chi connectivity index (χ1) is 18.5. The Morgan fingerprint density at radius 2 is 1.92 bits per heavy atom. The smallest absolute Gasteiger partial charge is 0.218 e. The summed E-state index contributed by atoms with van der Waals surface area (Å²) < 4.78 is 0. The first-order valence-corrected chi connectivity index (χ1v) is 14.9. The van der Waals surface area contributed by atoms with Crippen LogP contribution in [0.1, 0.15) is 64.0 Å². The van der Waals surface area contributed by atoms with Gasteiger partial charge in [-0.2, -0.15) is 0 Å². The summed E-state index contributed by atoms with van der Waals surface area (Å²) in [5.41, 5.74) is 8.84. The molecule has 6 atom stereocenters. The molecule has 1 heterocycles. The Morgan fingerprint density at radius 3 is 2.54 bits per heavy atom. The number of aliphatic imine (C=N–C) groups is 1. The summed E-state index contributed by atoms with van der Waals surface area (Å²) in [6.07, 6.45) is 2.67. The number of nitrogens with zero attached hydrogens (tertiary/aromatic N) is 2. The summed E-state index contributed by atoms with van der Waals surface area (Å²) in [5, 5.41) is 8.30. The summed E-state index contributed by atoms with van der Waals surface area (Å²) in [6, 6.07) is 14.3. The number of halogens is 2. The number of fused-ring (bicyclic) bond motifs is 2. The molecular formula is C31H41Cl2N5O. The maximum absolute atomic E-state index is 11.9. The van der Waals surface area contributed by atoms with Crippen LogP contribution in [-0.4, -0.2) is 48.5 Å². The van der Waals surface area contributed by atoms with Crippen LogP contribution in [0.5, 0.6) is 0 Å². The summed E-state index contributed by atoms with van der Waals surface area (Å²) in [4.78, 5) is 19.7. The Labute approximate surface area is 242 Å². The first kappa shape index (κ1) is 28.3. The Bertz CT molecular complexity index is 1230. The number of anilines is 1. The van der Waals surface area contributed by atoms with Crippen LogP contribution >= 0.6 is 23.2 Å². The topological polar surface area (TPSA) is 82.7 Å². The molecule has 1 aliphatic heterocycles. The van der Waals surface area contributed by atoms with Crippen LogP contribution in [-0.2, 0) is 4.79 Å². The molecule has 210 valence electrons. The number of carbonyl (C=O) groups is 1. The van der Waals surface area contributed by atoms with Crippen molar-refractivity contribution < 1.29 is 4.79 Å². The monoisotopic (exact) mass is 569 g/mol. The number of primary amides is 1. The van der Waals surface area contributed by atoms with Crippen LogP contribution in [0.4, 0.5) is 5.69 Å². The van der Waals surface area contributed by atoms with E-state index in [0.717, 1.165) is 60.7 Å². The maximum Gasteiger partial charge on any atom is 0.218 e. The average molecular weight is 571 g/mol. The van der Waals surface area contributed by atoms with Gasteiger partial charge in [-0.15, -0.1) is 0 Å². The molecule has 3 saturated carbocycles. The lowest BCUT2D eigenvalue weighted by atomic mass is 9.45. The van der Waals surface area contributed by atoms with Gasteiger partial charge in [0.2, 0.25) is 5.91 Å². The highest BCUT2D eigenvalue weighted by molar-refractivity contribution is 6.35. The number of benzene rings is 2. The van der Waals surface area contributed by atoms with Gasteiger partial charge in [0.05, 0.1) is 6.04 Å². The molecule has 39 heavy (non-hydrogen) atoms. The third-order valence-electron chi connectivity index (χ3n) is 9.58. The zero-order chi connectivity index (χ0) is 27.9. The van der Waals surface area contributed by atoms with Crippen LogP contribution in [0.3, 0.4) is 0 Å². The van der Waals surface area contributed by atoms with Crippen LogP contribution < -0.4 is 16.4 Å². The number of rotatable bonds is 6. The second kappa shape index (κ2) is 11.3. The molecular weight excluding hydrogens is 529 g/mol. The van der Waals surface area contributed by atoms with Gasteiger partial charge in [0.1, 0.15) is 0 Å². The van der Waals surface area contributed by atoms with E-state index in [4.69, 9.17) is 33.9 Å². The van der Waals surface area contributed by atoms with Gasteiger partial charge in [-0.1, -0.05) is 62.2 Å². The SMILES string of the molecule is C[C@H]1[C@@H](N=C(Nc2ccc(C(CC(N)=O)c3ccc(Cl)cc3Cl)cc2)N2CCN[C@@H](C)C2)C[C@@H]2C[C@@H]1C2(C)C. The highest BCUT2D eigenvalue weighted by Crippen LogP contribution is 2.61. The van der Waals surface area contributed by atoms with Crippen LogP contribution in [0, 0.1) is 23.2 Å². The molecule has 0 spiro atoms. The molecule has 4 fully saturated rings. The minimum absolute atomic E-state index is 0.164. The standard InChI is InChI=1S/C31H41Cl2N5O/c1-18-17-38(12-11-35-18)30(37-28-14-21-13-26(19(28)2)31(21,3)4)36-23-8-5-20(6-9-23)25(16-29(34)39)24-10-7-22(32)15-27(24)33/h5-10,15,18-19,21,25-26,28,35H,11-14,16-17H2,1-4H3,(H2,34,39)(H,36,37)/t18-,19+,21-,25?,26-,28-/m0/s1.